The molecule has 210 valence electrons. The van der Waals surface area contributed by atoms with Gasteiger partial charge < -0.3 is 25.3 Å². The number of urea groups is 1. The molecule has 4 rings (SSSR count). The maximum Gasteiger partial charge on any atom is 0.321 e. The van der Waals surface area contributed by atoms with E-state index in [-0.39, 0.29) is 17.8 Å². The van der Waals surface area contributed by atoms with Crippen LogP contribution in [0.4, 0.5) is 21.9 Å². The molecule has 0 saturated carbocycles. The molecule has 1 saturated heterocycles. The van der Waals surface area contributed by atoms with Crippen molar-refractivity contribution in [2.75, 3.05) is 54.8 Å². The molecule has 0 bridgehead atoms. The SMILES string of the molecule is CCN(CC)C(=O)c1cc(NC(=O)c2ccccc2Cl)ccc1N1CCCN(C(=O)Nc2ccc(C)cc2)CC1. The van der Waals surface area contributed by atoms with Crippen LogP contribution in [0.5, 0.6) is 0 Å². The first-order chi connectivity index (χ1) is 19.3. The number of halogens is 1. The molecule has 0 radical (unpaired) electrons. The molecule has 3 aromatic rings. The van der Waals surface area contributed by atoms with Gasteiger partial charge in [-0.25, -0.2) is 4.79 Å². The summed E-state index contributed by atoms with van der Waals surface area (Å²) in [7, 11) is 0. The van der Waals surface area contributed by atoms with E-state index in [1.807, 2.05) is 56.0 Å². The lowest BCUT2D eigenvalue weighted by atomic mass is 10.1. The highest BCUT2D eigenvalue weighted by atomic mass is 35.5. The molecule has 1 heterocycles. The summed E-state index contributed by atoms with van der Waals surface area (Å²) in [6.45, 7) is 9.43. The molecule has 0 unspecified atom stereocenters. The maximum atomic E-state index is 13.6. The van der Waals surface area contributed by atoms with Crippen molar-refractivity contribution in [3.63, 3.8) is 0 Å². The molecule has 3 aromatic carbocycles. The Hall–Kier alpha value is -4.04. The third-order valence-corrected chi connectivity index (χ3v) is 7.41. The van der Waals surface area contributed by atoms with Crippen molar-refractivity contribution >= 4 is 46.5 Å². The first-order valence-electron chi connectivity index (χ1n) is 13.7. The summed E-state index contributed by atoms with van der Waals surface area (Å²) in [5.41, 5.74) is 4.07. The molecule has 1 aliphatic rings. The Kier molecular flexibility index (Phi) is 9.66. The second-order valence-electron chi connectivity index (χ2n) is 9.77. The molecule has 0 spiro atoms. The van der Waals surface area contributed by atoms with Crippen LogP contribution in [0.2, 0.25) is 5.02 Å². The van der Waals surface area contributed by atoms with E-state index in [1.54, 1.807) is 41.3 Å². The number of hydrogen-bond acceptors (Lipinski definition) is 4. The molecule has 40 heavy (non-hydrogen) atoms. The topological polar surface area (TPSA) is 85.0 Å². The summed E-state index contributed by atoms with van der Waals surface area (Å²) >= 11 is 6.21. The zero-order chi connectivity index (χ0) is 28.6. The molecule has 4 amide bonds. The summed E-state index contributed by atoms with van der Waals surface area (Å²) in [6.07, 6.45) is 0.755. The molecular formula is C31H36ClN5O3. The highest BCUT2D eigenvalue weighted by molar-refractivity contribution is 6.34. The van der Waals surface area contributed by atoms with Gasteiger partial charge in [0.15, 0.2) is 0 Å². The number of nitrogens with one attached hydrogen (secondary N) is 2. The van der Waals surface area contributed by atoms with Crippen LogP contribution >= 0.6 is 11.6 Å². The number of carbonyl (C=O) groups excluding carboxylic acids is 3. The molecule has 2 N–H and O–H groups in total. The Morgan fingerprint density at radius 3 is 2.23 bits per heavy atom. The lowest BCUT2D eigenvalue weighted by Gasteiger charge is -2.28. The monoisotopic (exact) mass is 561 g/mol. The van der Waals surface area contributed by atoms with Gasteiger partial charge in [0, 0.05) is 56.3 Å². The largest absolute Gasteiger partial charge is 0.369 e. The Morgan fingerprint density at radius 1 is 0.825 bits per heavy atom. The fraction of sp³-hybridized carbons (Fsp3) is 0.323. The Bertz CT molecular complexity index is 1360. The van der Waals surface area contributed by atoms with E-state index in [0.717, 1.165) is 23.4 Å². The number of anilines is 3. The van der Waals surface area contributed by atoms with Crippen LogP contribution in [0.3, 0.4) is 0 Å². The van der Waals surface area contributed by atoms with Crippen molar-refractivity contribution in [2.45, 2.75) is 27.2 Å². The van der Waals surface area contributed by atoms with Gasteiger partial charge >= 0.3 is 6.03 Å². The van der Waals surface area contributed by atoms with E-state index in [4.69, 9.17) is 11.6 Å². The average Bonchev–Trinajstić information content (AvgIpc) is 3.21. The van der Waals surface area contributed by atoms with Crippen LogP contribution < -0.4 is 15.5 Å². The summed E-state index contributed by atoms with van der Waals surface area (Å²) < 4.78 is 0. The zero-order valence-corrected chi connectivity index (χ0v) is 24.0. The molecular weight excluding hydrogens is 526 g/mol. The summed E-state index contributed by atoms with van der Waals surface area (Å²) in [4.78, 5) is 45.2. The predicted molar refractivity (Wildman–Crippen MR) is 162 cm³/mol. The van der Waals surface area contributed by atoms with Gasteiger partial charge in [0.2, 0.25) is 0 Å². The van der Waals surface area contributed by atoms with E-state index < -0.39 is 0 Å². The number of nitrogens with zero attached hydrogens (tertiary/aromatic N) is 3. The molecule has 0 aromatic heterocycles. The van der Waals surface area contributed by atoms with Crippen molar-refractivity contribution in [2.24, 2.45) is 0 Å². The van der Waals surface area contributed by atoms with E-state index in [2.05, 4.69) is 15.5 Å². The minimum absolute atomic E-state index is 0.105. The zero-order valence-electron chi connectivity index (χ0n) is 23.2. The van der Waals surface area contributed by atoms with Crippen LogP contribution in [-0.4, -0.2) is 66.9 Å². The highest BCUT2D eigenvalue weighted by Gasteiger charge is 2.25. The summed E-state index contributed by atoms with van der Waals surface area (Å²) in [6, 6.07) is 19.8. The van der Waals surface area contributed by atoms with E-state index in [0.29, 0.717) is 61.1 Å². The summed E-state index contributed by atoms with van der Waals surface area (Å²) in [5.74, 6) is -0.448. The number of amides is 4. The van der Waals surface area contributed by atoms with Gasteiger partial charge in [0.05, 0.1) is 16.1 Å². The van der Waals surface area contributed by atoms with Crippen molar-refractivity contribution in [3.05, 3.63) is 88.4 Å². The van der Waals surface area contributed by atoms with Crippen LogP contribution in [0.25, 0.3) is 0 Å². The number of carbonyl (C=O) groups is 3. The first-order valence-corrected chi connectivity index (χ1v) is 14.0. The van der Waals surface area contributed by atoms with E-state index in [1.165, 1.54) is 0 Å². The van der Waals surface area contributed by atoms with E-state index >= 15 is 0 Å². The number of aryl methyl sites for hydroxylation is 1. The third kappa shape index (κ3) is 6.93. The van der Waals surface area contributed by atoms with Crippen LogP contribution in [0, 0.1) is 6.92 Å². The first kappa shape index (κ1) is 29.0. The van der Waals surface area contributed by atoms with Crippen molar-refractivity contribution in [1.29, 1.82) is 0 Å². The molecule has 9 heteroatoms. The highest BCUT2D eigenvalue weighted by Crippen LogP contribution is 2.28. The summed E-state index contributed by atoms with van der Waals surface area (Å²) in [5, 5.41) is 6.23. The van der Waals surface area contributed by atoms with Gasteiger partial charge in [-0.1, -0.05) is 41.4 Å². The smallest absolute Gasteiger partial charge is 0.321 e. The second-order valence-corrected chi connectivity index (χ2v) is 10.2. The fourth-order valence-corrected chi connectivity index (χ4v) is 5.01. The minimum atomic E-state index is -0.343. The second kappa shape index (κ2) is 13.3. The Balaban J connectivity index is 1.54. The van der Waals surface area contributed by atoms with Crippen LogP contribution in [-0.2, 0) is 0 Å². The Labute approximate surface area is 240 Å². The quantitative estimate of drug-likeness (QED) is 0.363. The van der Waals surface area contributed by atoms with Crippen LogP contribution in [0.1, 0.15) is 46.5 Å². The van der Waals surface area contributed by atoms with Crippen molar-refractivity contribution < 1.29 is 14.4 Å². The molecule has 1 aliphatic heterocycles. The average molecular weight is 562 g/mol. The van der Waals surface area contributed by atoms with Gasteiger partial charge in [-0.15, -0.1) is 0 Å². The van der Waals surface area contributed by atoms with Gasteiger partial charge in [-0.3, -0.25) is 9.59 Å². The van der Waals surface area contributed by atoms with Gasteiger partial charge in [0.25, 0.3) is 11.8 Å². The fourth-order valence-electron chi connectivity index (χ4n) is 4.79. The minimum Gasteiger partial charge on any atom is -0.369 e. The van der Waals surface area contributed by atoms with Gasteiger partial charge in [0.1, 0.15) is 0 Å². The lowest BCUT2D eigenvalue weighted by Crippen LogP contribution is -2.38. The standard InChI is InChI=1S/C31H36ClN5O3/c1-4-35(5-2)30(39)26-21-24(33-29(38)25-9-6-7-10-27(25)32)15-16-28(26)36-17-8-18-37(20-19-36)31(40)34-23-13-11-22(3)12-14-23/h6-7,9-16,21H,4-5,8,17-20H2,1-3H3,(H,33,38)(H,34,40). The molecule has 8 nitrogen and oxygen atoms in total. The number of rotatable bonds is 7. The van der Waals surface area contributed by atoms with Gasteiger partial charge in [-0.05, 0) is 69.7 Å². The van der Waals surface area contributed by atoms with Gasteiger partial charge in [-0.2, -0.15) is 0 Å². The van der Waals surface area contributed by atoms with Crippen molar-refractivity contribution in [3.8, 4) is 0 Å². The number of hydrogen-bond donors (Lipinski definition) is 2. The normalized spacial score (nSPS) is 13.4. The Morgan fingerprint density at radius 2 is 1.52 bits per heavy atom. The molecule has 0 aliphatic carbocycles. The molecule has 0 atom stereocenters. The number of benzene rings is 3. The predicted octanol–water partition coefficient (Wildman–Crippen LogP) is 6.13. The molecule has 1 fully saturated rings. The maximum absolute atomic E-state index is 13.6. The third-order valence-electron chi connectivity index (χ3n) is 7.08. The lowest BCUT2D eigenvalue weighted by molar-refractivity contribution is 0.0773. The van der Waals surface area contributed by atoms with Crippen molar-refractivity contribution in [1.82, 2.24) is 9.80 Å². The van der Waals surface area contributed by atoms with E-state index in [9.17, 15) is 14.4 Å². The van der Waals surface area contributed by atoms with Crippen LogP contribution in [0.15, 0.2) is 66.7 Å².